The molecule has 1 aliphatic heterocycles. The fourth-order valence-corrected chi connectivity index (χ4v) is 3.81. The first-order chi connectivity index (χ1) is 11.4. The minimum Gasteiger partial charge on any atom is -0.508 e. The summed E-state index contributed by atoms with van der Waals surface area (Å²) in [5, 5.41) is 26.9. The minimum atomic E-state index is -1.50. The number of amides is 1. The van der Waals surface area contributed by atoms with E-state index in [9.17, 15) is 19.5 Å². The number of phenolic OH excluding ortho intramolecular Hbond substituents is 1. The molecule has 1 aromatic rings. The highest BCUT2D eigenvalue weighted by Crippen LogP contribution is 2.44. The van der Waals surface area contributed by atoms with Gasteiger partial charge in [0.15, 0.2) is 6.23 Å². The maximum atomic E-state index is 12.5. The van der Waals surface area contributed by atoms with Gasteiger partial charge in [-0.2, -0.15) is 0 Å². The molecule has 0 aromatic heterocycles. The third-order valence-corrected chi connectivity index (χ3v) is 4.74. The molecule has 0 radical (unpaired) electrons. The lowest BCUT2D eigenvalue weighted by Gasteiger charge is -2.28. The Balaban J connectivity index is 2.19. The zero-order valence-corrected chi connectivity index (χ0v) is 13.4. The van der Waals surface area contributed by atoms with Gasteiger partial charge in [0.05, 0.1) is 5.75 Å². The van der Waals surface area contributed by atoms with Crippen molar-refractivity contribution in [3.05, 3.63) is 29.8 Å². The highest BCUT2D eigenvalue weighted by molar-refractivity contribution is 7.99. The Kier molecular flexibility index (Phi) is 5.91. The predicted molar refractivity (Wildman–Crippen MR) is 84.5 cm³/mol. The number of phenols is 1. The van der Waals surface area contributed by atoms with Crippen LogP contribution < -0.4 is 0 Å². The van der Waals surface area contributed by atoms with Crippen LogP contribution in [0.15, 0.2) is 24.3 Å². The number of carboxylic acids is 1. The van der Waals surface area contributed by atoms with E-state index in [4.69, 9.17) is 14.9 Å². The molecule has 2 atom stereocenters. The monoisotopic (exact) mass is 355 g/mol. The zero-order valence-electron chi connectivity index (χ0n) is 12.6. The molecule has 1 fully saturated rings. The predicted octanol–water partition coefficient (Wildman–Crippen LogP) is 2.24. The summed E-state index contributed by atoms with van der Waals surface area (Å²) in [6, 6.07) is 6.47. The van der Waals surface area contributed by atoms with Crippen LogP contribution in [0.5, 0.6) is 5.75 Å². The van der Waals surface area contributed by atoms with Gasteiger partial charge in [-0.3, -0.25) is 14.5 Å². The largest absolute Gasteiger partial charge is 0.508 e. The molecule has 130 valence electrons. The number of carboxylic acid groups (broad SMARTS) is 2. The number of para-hydroxylation sites is 1. The summed E-state index contributed by atoms with van der Waals surface area (Å²) in [6.45, 7) is 0. The van der Waals surface area contributed by atoms with Crippen LogP contribution in [0.2, 0.25) is 0 Å². The molecule has 1 saturated heterocycles. The van der Waals surface area contributed by atoms with Crippen LogP contribution in [-0.2, 0) is 14.3 Å². The molecule has 24 heavy (non-hydrogen) atoms. The van der Waals surface area contributed by atoms with Gasteiger partial charge in [-0.1, -0.05) is 18.2 Å². The number of aliphatic carboxylic acids is 1. The van der Waals surface area contributed by atoms with Crippen molar-refractivity contribution in [1.29, 1.82) is 0 Å². The van der Waals surface area contributed by atoms with Gasteiger partial charge in [0.1, 0.15) is 11.1 Å². The van der Waals surface area contributed by atoms with Crippen LogP contribution in [0.25, 0.3) is 0 Å². The Morgan fingerprint density at radius 2 is 1.92 bits per heavy atom. The molecule has 1 heterocycles. The highest BCUT2D eigenvalue weighted by Gasteiger charge is 2.41. The summed E-state index contributed by atoms with van der Waals surface area (Å²) >= 11 is 1.28. The first-order valence-electron chi connectivity index (χ1n) is 7.22. The minimum absolute atomic E-state index is 0.00527. The van der Waals surface area contributed by atoms with Gasteiger partial charge < -0.3 is 20.1 Å². The maximum Gasteiger partial charge on any atom is 0.507 e. The molecule has 1 amide bonds. The summed E-state index contributed by atoms with van der Waals surface area (Å²) < 4.78 is 4.77. The summed E-state index contributed by atoms with van der Waals surface area (Å²) in [5.41, 5.74) is 0.477. The molecule has 0 bridgehead atoms. The Bertz CT molecular complexity index is 636. The highest BCUT2D eigenvalue weighted by atomic mass is 32.2. The quantitative estimate of drug-likeness (QED) is 0.664. The Morgan fingerprint density at radius 3 is 2.54 bits per heavy atom. The molecule has 0 spiro atoms. The summed E-state index contributed by atoms with van der Waals surface area (Å²) in [7, 11) is 0. The second-order valence-corrected chi connectivity index (χ2v) is 6.24. The van der Waals surface area contributed by atoms with E-state index in [1.807, 2.05) is 0 Å². The van der Waals surface area contributed by atoms with Crippen molar-refractivity contribution < 1.29 is 34.4 Å². The third-order valence-electron chi connectivity index (χ3n) is 3.47. The van der Waals surface area contributed by atoms with Gasteiger partial charge in [0.2, 0.25) is 5.91 Å². The number of carbonyl (C=O) groups is 3. The standard InChI is InChI=1S/C15H17NO7S/c17-10-5-2-1-4-9(10)14-16(11(18)6-3-7-13(19)20)12(8-24-14)23-15(21)22/h1-2,4-5,12,14,17H,3,6-8H2,(H,19,20)(H,21,22)/t12-,14?/m1/s1. The molecule has 1 aliphatic rings. The number of hydrogen-bond acceptors (Lipinski definition) is 6. The molecule has 0 saturated carbocycles. The van der Waals surface area contributed by atoms with Gasteiger partial charge in [-0.05, 0) is 12.5 Å². The molecular weight excluding hydrogens is 338 g/mol. The molecular formula is C15H17NO7S. The average molecular weight is 355 g/mol. The van der Waals surface area contributed by atoms with Crippen molar-refractivity contribution in [3.8, 4) is 5.75 Å². The topological polar surface area (TPSA) is 124 Å². The number of benzene rings is 1. The van der Waals surface area contributed by atoms with Crippen LogP contribution in [0, 0.1) is 0 Å². The van der Waals surface area contributed by atoms with Crippen LogP contribution >= 0.6 is 11.8 Å². The number of carbonyl (C=O) groups excluding carboxylic acids is 1. The lowest BCUT2D eigenvalue weighted by atomic mass is 10.1. The normalized spacial score (nSPS) is 19.9. The molecule has 3 N–H and O–H groups in total. The van der Waals surface area contributed by atoms with Crippen molar-refractivity contribution >= 4 is 29.8 Å². The SMILES string of the molecule is O=C(O)CCCC(=O)N1C(c2ccccc2O)SC[C@H]1OC(=O)O. The van der Waals surface area contributed by atoms with Crippen molar-refractivity contribution in [3.63, 3.8) is 0 Å². The van der Waals surface area contributed by atoms with Gasteiger partial charge >= 0.3 is 12.1 Å². The van der Waals surface area contributed by atoms with Gasteiger partial charge in [0.25, 0.3) is 0 Å². The van der Waals surface area contributed by atoms with E-state index in [-0.39, 0.29) is 30.8 Å². The van der Waals surface area contributed by atoms with E-state index >= 15 is 0 Å². The van der Waals surface area contributed by atoms with E-state index in [2.05, 4.69) is 0 Å². The van der Waals surface area contributed by atoms with Crippen molar-refractivity contribution in [2.45, 2.75) is 30.9 Å². The van der Waals surface area contributed by atoms with Crippen LogP contribution in [0.3, 0.4) is 0 Å². The lowest BCUT2D eigenvalue weighted by molar-refractivity contribution is -0.141. The van der Waals surface area contributed by atoms with E-state index in [0.29, 0.717) is 5.56 Å². The Hall–Kier alpha value is -2.42. The zero-order chi connectivity index (χ0) is 17.7. The second kappa shape index (κ2) is 7.91. The number of nitrogens with zero attached hydrogens (tertiary/aromatic N) is 1. The maximum absolute atomic E-state index is 12.5. The van der Waals surface area contributed by atoms with E-state index in [1.165, 1.54) is 22.7 Å². The molecule has 1 aromatic carbocycles. The Labute approximate surface area is 142 Å². The smallest absolute Gasteiger partial charge is 0.507 e. The number of ether oxygens (including phenoxy) is 1. The first-order valence-corrected chi connectivity index (χ1v) is 8.27. The second-order valence-electron chi connectivity index (χ2n) is 5.13. The van der Waals surface area contributed by atoms with Crippen LogP contribution in [0.4, 0.5) is 4.79 Å². The van der Waals surface area contributed by atoms with E-state index in [0.717, 1.165) is 0 Å². The molecule has 2 rings (SSSR count). The Morgan fingerprint density at radius 1 is 1.21 bits per heavy atom. The van der Waals surface area contributed by atoms with Crippen molar-refractivity contribution in [2.24, 2.45) is 0 Å². The molecule has 1 unspecified atom stereocenters. The van der Waals surface area contributed by atoms with Crippen LogP contribution in [0.1, 0.15) is 30.2 Å². The molecule has 8 nitrogen and oxygen atoms in total. The van der Waals surface area contributed by atoms with Gasteiger partial charge in [-0.25, -0.2) is 4.79 Å². The number of hydrogen-bond donors (Lipinski definition) is 3. The van der Waals surface area contributed by atoms with Crippen LogP contribution in [-0.4, -0.2) is 50.2 Å². The van der Waals surface area contributed by atoms with Gasteiger partial charge in [-0.15, -0.1) is 11.8 Å². The molecule has 9 heteroatoms. The third kappa shape index (κ3) is 4.31. The fraction of sp³-hybridized carbons (Fsp3) is 0.400. The number of thioether (sulfide) groups is 1. The lowest BCUT2D eigenvalue weighted by Crippen LogP contribution is -2.40. The first kappa shape index (κ1) is 17.9. The summed E-state index contributed by atoms with van der Waals surface area (Å²) in [5.74, 6) is -1.19. The summed E-state index contributed by atoms with van der Waals surface area (Å²) in [6.07, 6.45) is -2.53. The molecule has 0 aliphatic carbocycles. The van der Waals surface area contributed by atoms with Crippen molar-refractivity contribution in [1.82, 2.24) is 4.90 Å². The average Bonchev–Trinajstić information content (AvgIpc) is 2.90. The fourth-order valence-electron chi connectivity index (χ4n) is 2.44. The van der Waals surface area contributed by atoms with E-state index < -0.39 is 29.6 Å². The summed E-state index contributed by atoms with van der Waals surface area (Å²) in [4.78, 5) is 35.2. The number of rotatable bonds is 6. The number of aromatic hydroxyl groups is 1. The van der Waals surface area contributed by atoms with Gasteiger partial charge in [0, 0.05) is 18.4 Å². The van der Waals surface area contributed by atoms with Crippen molar-refractivity contribution in [2.75, 3.05) is 5.75 Å². The van der Waals surface area contributed by atoms with E-state index in [1.54, 1.807) is 18.2 Å².